The SMILES string of the molecule is COc1ccc(-n2nc(C)c3sc(N4CCCC(C(=O)NCC5CCCO5)C4)nc32)cc1. The average Bonchev–Trinajstić information content (AvgIpc) is 3.56. The summed E-state index contributed by atoms with van der Waals surface area (Å²) in [5.41, 5.74) is 2.77. The van der Waals surface area contributed by atoms with E-state index in [9.17, 15) is 4.79 Å². The molecule has 0 spiro atoms. The van der Waals surface area contributed by atoms with Gasteiger partial charge in [-0.1, -0.05) is 11.3 Å². The number of carbonyl (C=O) groups excluding carboxylic acids is 1. The van der Waals surface area contributed by atoms with Crippen LogP contribution >= 0.6 is 11.3 Å². The predicted octanol–water partition coefficient (Wildman–Crippen LogP) is 3.31. The molecule has 0 bridgehead atoms. The van der Waals surface area contributed by atoms with Crippen LogP contribution in [-0.4, -0.2) is 60.1 Å². The van der Waals surface area contributed by atoms with E-state index < -0.39 is 0 Å². The Kier molecular flexibility index (Phi) is 6.01. The third kappa shape index (κ3) is 4.19. The Morgan fingerprint density at radius 2 is 2.12 bits per heavy atom. The molecule has 3 aromatic rings. The van der Waals surface area contributed by atoms with Gasteiger partial charge in [0, 0.05) is 26.2 Å². The van der Waals surface area contributed by atoms with Crippen LogP contribution in [0, 0.1) is 12.8 Å². The van der Waals surface area contributed by atoms with Crippen molar-refractivity contribution < 1.29 is 14.3 Å². The number of fused-ring (bicyclic) bond motifs is 1. The van der Waals surface area contributed by atoms with Crippen molar-refractivity contribution in [2.45, 2.75) is 38.7 Å². The molecular weight excluding hydrogens is 426 g/mol. The molecule has 5 rings (SSSR count). The van der Waals surface area contributed by atoms with Crippen LogP contribution in [0.3, 0.4) is 0 Å². The minimum atomic E-state index is -0.0173. The summed E-state index contributed by atoms with van der Waals surface area (Å²) >= 11 is 1.66. The summed E-state index contributed by atoms with van der Waals surface area (Å²) in [4.78, 5) is 20.0. The van der Waals surface area contributed by atoms with Crippen molar-refractivity contribution in [1.82, 2.24) is 20.1 Å². The van der Waals surface area contributed by atoms with E-state index in [2.05, 4.69) is 10.2 Å². The highest BCUT2D eigenvalue weighted by Crippen LogP contribution is 2.34. The number of nitrogens with zero attached hydrogens (tertiary/aromatic N) is 4. The summed E-state index contributed by atoms with van der Waals surface area (Å²) in [5, 5.41) is 8.76. The fourth-order valence-electron chi connectivity index (χ4n) is 4.49. The number of amides is 1. The monoisotopic (exact) mass is 455 g/mol. The van der Waals surface area contributed by atoms with Gasteiger partial charge in [0.2, 0.25) is 5.91 Å². The molecule has 1 aromatic carbocycles. The molecule has 9 heteroatoms. The molecule has 2 saturated heterocycles. The number of ether oxygens (including phenoxy) is 2. The molecule has 2 fully saturated rings. The second-order valence-electron chi connectivity index (χ2n) is 8.51. The number of hydrogen-bond acceptors (Lipinski definition) is 7. The van der Waals surface area contributed by atoms with Crippen LogP contribution in [-0.2, 0) is 9.53 Å². The van der Waals surface area contributed by atoms with Crippen LogP contribution in [0.5, 0.6) is 5.75 Å². The predicted molar refractivity (Wildman–Crippen MR) is 125 cm³/mol. The van der Waals surface area contributed by atoms with Gasteiger partial charge in [0.05, 0.1) is 35.2 Å². The van der Waals surface area contributed by atoms with E-state index in [-0.39, 0.29) is 17.9 Å². The first kappa shape index (κ1) is 21.2. The van der Waals surface area contributed by atoms with Crippen molar-refractivity contribution in [3.05, 3.63) is 30.0 Å². The van der Waals surface area contributed by atoms with Crippen molar-refractivity contribution in [2.75, 3.05) is 38.3 Å². The average molecular weight is 456 g/mol. The molecule has 2 aromatic heterocycles. The van der Waals surface area contributed by atoms with E-state index in [0.717, 1.165) is 71.4 Å². The molecular formula is C23H29N5O3S. The zero-order valence-corrected chi connectivity index (χ0v) is 19.4. The molecule has 2 aliphatic heterocycles. The molecule has 0 radical (unpaired) electrons. The summed E-state index contributed by atoms with van der Waals surface area (Å²) in [7, 11) is 1.66. The third-order valence-electron chi connectivity index (χ3n) is 6.28. The zero-order valence-electron chi connectivity index (χ0n) is 18.5. The fraction of sp³-hybridized carbons (Fsp3) is 0.522. The van der Waals surface area contributed by atoms with Gasteiger partial charge in [0.1, 0.15) is 5.75 Å². The highest BCUT2D eigenvalue weighted by molar-refractivity contribution is 7.22. The van der Waals surface area contributed by atoms with E-state index in [4.69, 9.17) is 19.6 Å². The Hall–Kier alpha value is -2.65. The van der Waals surface area contributed by atoms with Crippen molar-refractivity contribution in [2.24, 2.45) is 5.92 Å². The lowest BCUT2D eigenvalue weighted by molar-refractivity contribution is -0.125. The maximum atomic E-state index is 12.8. The van der Waals surface area contributed by atoms with Crippen molar-refractivity contribution in [3.8, 4) is 11.4 Å². The molecule has 4 heterocycles. The molecule has 2 atom stereocenters. The molecule has 2 unspecified atom stereocenters. The highest BCUT2D eigenvalue weighted by Gasteiger charge is 2.29. The van der Waals surface area contributed by atoms with Gasteiger partial charge in [0.25, 0.3) is 0 Å². The highest BCUT2D eigenvalue weighted by atomic mass is 32.1. The summed E-state index contributed by atoms with van der Waals surface area (Å²) in [6, 6.07) is 7.82. The number of thiazole rings is 1. The van der Waals surface area contributed by atoms with Crippen LogP contribution in [0.15, 0.2) is 24.3 Å². The second-order valence-corrected chi connectivity index (χ2v) is 9.49. The Balaban J connectivity index is 1.32. The molecule has 1 N–H and O–H groups in total. The second kappa shape index (κ2) is 9.07. The van der Waals surface area contributed by atoms with E-state index in [1.807, 2.05) is 35.9 Å². The van der Waals surface area contributed by atoms with Crippen LogP contribution in [0.4, 0.5) is 5.13 Å². The number of methoxy groups -OCH3 is 1. The zero-order chi connectivity index (χ0) is 22.1. The van der Waals surface area contributed by atoms with Gasteiger partial charge < -0.3 is 19.7 Å². The molecule has 170 valence electrons. The van der Waals surface area contributed by atoms with Crippen LogP contribution in [0.1, 0.15) is 31.4 Å². The number of carbonyl (C=O) groups is 1. The number of rotatable bonds is 6. The molecule has 1 amide bonds. The fourth-order valence-corrected chi connectivity index (χ4v) is 5.51. The van der Waals surface area contributed by atoms with Crippen LogP contribution in [0.2, 0.25) is 0 Å². The Labute approximate surface area is 191 Å². The molecule has 0 saturated carbocycles. The van der Waals surface area contributed by atoms with Crippen LogP contribution < -0.4 is 15.0 Å². The van der Waals surface area contributed by atoms with Crippen molar-refractivity contribution >= 4 is 32.7 Å². The first-order valence-electron chi connectivity index (χ1n) is 11.3. The van der Waals surface area contributed by atoms with Crippen molar-refractivity contribution in [1.29, 1.82) is 0 Å². The third-order valence-corrected chi connectivity index (χ3v) is 7.50. The number of aryl methyl sites for hydroxylation is 1. The maximum absolute atomic E-state index is 12.8. The molecule has 2 aliphatic rings. The number of anilines is 1. The lowest BCUT2D eigenvalue weighted by Crippen LogP contribution is -2.44. The lowest BCUT2D eigenvalue weighted by atomic mass is 9.97. The number of aromatic nitrogens is 3. The van der Waals surface area contributed by atoms with E-state index in [1.165, 1.54) is 0 Å². The van der Waals surface area contributed by atoms with Gasteiger partial charge in [-0.3, -0.25) is 4.79 Å². The minimum absolute atomic E-state index is 0.0173. The summed E-state index contributed by atoms with van der Waals surface area (Å²) in [5.74, 6) is 0.924. The topological polar surface area (TPSA) is 81.5 Å². The van der Waals surface area contributed by atoms with Gasteiger partial charge >= 0.3 is 0 Å². The van der Waals surface area contributed by atoms with Gasteiger partial charge in [-0.05, 0) is 56.9 Å². The first-order valence-corrected chi connectivity index (χ1v) is 12.1. The van der Waals surface area contributed by atoms with Crippen LogP contribution in [0.25, 0.3) is 16.0 Å². The molecule has 0 aliphatic carbocycles. The van der Waals surface area contributed by atoms with Gasteiger partial charge in [0.15, 0.2) is 10.8 Å². The minimum Gasteiger partial charge on any atom is -0.497 e. The van der Waals surface area contributed by atoms with Gasteiger partial charge in [-0.2, -0.15) is 10.1 Å². The summed E-state index contributed by atoms with van der Waals surface area (Å²) < 4.78 is 13.9. The standard InChI is InChI=1S/C23H29N5O3S/c1-15-20-21(28(26-15)17-7-9-18(30-2)10-8-17)25-23(32-20)27-11-3-5-16(14-27)22(29)24-13-19-6-4-12-31-19/h7-10,16,19H,3-6,11-14H2,1-2H3,(H,24,29). The largest absolute Gasteiger partial charge is 0.497 e. The number of benzene rings is 1. The summed E-state index contributed by atoms with van der Waals surface area (Å²) in [6.07, 6.45) is 4.19. The van der Waals surface area contributed by atoms with E-state index in [1.54, 1.807) is 18.4 Å². The quantitative estimate of drug-likeness (QED) is 0.614. The van der Waals surface area contributed by atoms with E-state index in [0.29, 0.717) is 13.1 Å². The van der Waals surface area contributed by atoms with Gasteiger partial charge in [-0.15, -0.1) is 0 Å². The smallest absolute Gasteiger partial charge is 0.224 e. The van der Waals surface area contributed by atoms with Gasteiger partial charge in [-0.25, -0.2) is 4.68 Å². The Morgan fingerprint density at radius 1 is 1.28 bits per heavy atom. The normalized spacial score (nSPS) is 21.2. The Bertz CT molecular complexity index is 1090. The number of piperidine rings is 1. The lowest BCUT2D eigenvalue weighted by Gasteiger charge is -2.31. The molecule has 8 nitrogen and oxygen atoms in total. The maximum Gasteiger partial charge on any atom is 0.224 e. The molecule has 32 heavy (non-hydrogen) atoms. The Morgan fingerprint density at radius 3 is 2.88 bits per heavy atom. The number of nitrogens with one attached hydrogen (secondary N) is 1. The number of hydrogen-bond donors (Lipinski definition) is 1. The van der Waals surface area contributed by atoms with Crippen molar-refractivity contribution in [3.63, 3.8) is 0 Å². The van der Waals surface area contributed by atoms with E-state index >= 15 is 0 Å². The summed E-state index contributed by atoms with van der Waals surface area (Å²) in [6.45, 7) is 5.06. The first-order chi connectivity index (χ1) is 15.6.